The zero-order valence-electron chi connectivity index (χ0n) is 9.29. The van der Waals surface area contributed by atoms with Crippen LogP contribution in [0, 0.1) is 6.92 Å². The average Bonchev–Trinajstić information content (AvgIpc) is 2.32. The van der Waals surface area contributed by atoms with Crippen LogP contribution in [0.1, 0.15) is 21.5 Å². The van der Waals surface area contributed by atoms with E-state index in [4.69, 9.17) is 0 Å². The van der Waals surface area contributed by atoms with Gasteiger partial charge in [-0.2, -0.15) is 0 Å². The molecule has 2 aromatic rings. The summed E-state index contributed by atoms with van der Waals surface area (Å²) < 4.78 is 0. The van der Waals surface area contributed by atoms with Crippen molar-refractivity contribution in [1.82, 2.24) is 0 Å². The fourth-order valence-corrected chi connectivity index (χ4v) is 1.58. The Bertz CT molecular complexity index is 521. The molecule has 0 spiro atoms. The van der Waals surface area contributed by atoms with Gasteiger partial charge in [-0.1, -0.05) is 42.0 Å². The number of benzene rings is 2. The maximum atomic E-state index is 12.1. The first-order valence-electron chi connectivity index (χ1n) is 5.08. The second kappa shape index (κ2) is 5.65. The van der Waals surface area contributed by atoms with Crippen LogP contribution < -0.4 is 0 Å². The predicted molar refractivity (Wildman–Crippen MR) is 62.7 cm³/mol. The summed E-state index contributed by atoms with van der Waals surface area (Å²) in [5.41, 5.74) is 1.90. The summed E-state index contributed by atoms with van der Waals surface area (Å²) in [6.07, 6.45) is 0. The van der Waals surface area contributed by atoms with E-state index in [1.54, 1.807) is 42.5 Å². The summed E-state index contributed by atoms with van der Waals surface area (Å²) in [5, 5.41) is 9.65. The number of ketones is 1. The molecule has 17 heavy (non-hydrogen) atoms. The largest absolute Gasteiger partial charge is 0.507 e. The van der Waals surface area contributed by atoms with E-state index in [1.165, 1.54) is 0 Å². The van der Waals surface area contributed by atoms with Crippen molar-refractivity contribution in [3.8, 4) is 5.75 Å². The third-order valence-corrected chi connectivity index (χ3v) is 2.43. The fourth-order valence-electron chi connectivity index (χ4n) is 1.58. The molecule has 0 heterocycles. The Labute approximate surface area is 110 Å². The van der Waals surface area contributed by atoms with Crippen LogP contribution in [-0.2, 0) is 16.5 Å². The molecule has 0 aliphatic heterocycles. The Kier molecular flexibility index (Phi) is 4.48. The number of carbonyl (C=O) groups excluding carboxylic acids is 1. The molecular formula is C14H12NiO2. The number of hydrogen-bond donors (Lipinski definition) is 1. The molecule has 0 aliphatic rings. The number of carbonyl (C=O) groups is 1. The summed E-state index contributed by atoms with van der Waals surface area (Å²) in [7, 11) is 0. The van der Waals surface area contributed by atoms with E-state index in [2.05, 4.69) is 0 Å². The zero-order chi connectivity index (χ0) is 11.5. The van der Waals surface area contributed by atoms with E-state index in [0.717, 1.165) is 5.56 Å². The van der Waals surface area contributed by atoms with Crippen molar-refractivity contribution in [2.24, 2.45) is 0 Å². The van der Waals surface area contributed by atoms with Crippen LogP contribution in [0.15, 0.2) is 48.5 Å². The molecule has 0 saturated carbocycles. The van der Waals surface area contributed by atoms with E-state index >= 15 is 0 Å². The molecule has 0 atom stereocenters. The van der Waals surface area contributed by atoms with E-state index in [-0.39, 0.29) is 28.0 Å². The Balaban J connectivity index is 0.00000144. The third kappa shape index (κ3) is 2.95. The van der Waals surface area contributed by atoms with Gasteiger partial charge >= 0.3 is 0 Å². The van der Waals surface area contributed by atoms with E-state index < -0.39 is 0 Å². The Hall–Kier alpha value is -1.60. The topological polar surface area (TPSA) is 37.3 Å². The summed E-state index contributed by atoms with van der Waals surface area (Å²) >= 11 is 0. The van der Waals surface area contributed by atoms with Gasteiger partial charge in [0.25, 0.3) is 0 Å². The first-order valence-corrected chi connectivity index (χ1v) is 5.08. The summed E-state index contributed by atoms with van der Waals surface area (Å²) in [4.78, 5) is 12.1. The second-order valence-corrected chi connectivity index (χ2v) is 3.72. The van der Waals surface area contributed by atoms with Crippen molar-refractivity contribution in [1.29, 1.82) is 0 Å². The van der Waals surface area contributed by atoms with Crippen LogP contribution in [0.25, 0.3) is 0 Å². The smallest absolute Gasteiger partial charge is 0.196 e. The predicted octanol–water partition coefficient (Wildman–Crippen LogP) is 2.93. The molecule has 2 aromatic carbocycles. The molecule has 0 fully saturated rings. The molecule has 1 N–H and O–H groups in total. The first-order chi connectivity index (χ1) is 7.68. The molecule has 0 radical (unpaired) electrons. The number of hydrogen-bond acceptors (Lipinski definition) is 2. The van der Waals surface area contributed by atoms with Gasteiger partial charge in [0.1, 0.15) is 5.75 Å². The molecule has 90 valence electrons. The minimum absolute atomic E-state index is 0. The van der Waals surface area contributed by atoms with Crippen molar-refractivity contribution >= 4 is 5.78 Å². The van der Waals surface area contributed by atoms with Gasteiger partial charge in [0.15, 0.2) is 5.78 Å². The molecule has 0 amide bonds. The van der Waals surface area contributed by atoms with Gasteiger partial charge in [-0.25, -0.2) is 0 Å². The Morgan fingerprint density at radius 2 is 1.71 bits per heavy atom. The van der Waals surface area contributed by atoms with Crippen LogP contribution in [0.3, 0.4) is 0 Å². The molecule has 3 heteroatoms. The van der Waals surface area contributed by atoms with Gasteiger partial charge in [0.2, 0.25) is 0 Å². The first kappa shape index (κ1) is 13.5. The normalized spacial score (nSPS) is 9.47. The van der Waals surface area contributed by atoms with Gasteiger partial charge in [0.05, 0.1) is 5.56 Å². The van der Waals surface area contributed by atoms with Gasteiger partial charge in [0, 0.05) is 22.1 Å². The standard InChI is InChI=1S/C14H12O2.Ni/c1-10-7-8-13(15)12(9-10)14(16)11-5-3-2-4-6-11;/h2-9,15H,1H3;. The molecule has 0 aliphatic carbocycles. The summed E-state index contributed by atoms with van der Waals surface area (Å²) in [6.45, 7) is 1.89. The number of aromatic hydroxyl groups is 1. The van der Waals surface area contributed by atoms with Crippen LogP contribution in [0.5, 0.6) is 5.75 Å². The monoisotopic (exact) mass is 270 g/mol. The van der Waals surface area contributed by atoms with Gasteiger partial charge in [-0.05, 0) is 19.1 Å². The third-order valence-electron chi connectivity index (χ3n) is 2.43. The summed E-state index contributed by atoms with van der Waals surface area (Å²) in [5.74, 6) is -0.124. The maximum absolute atomic E-state index is 12.1. The van der Waals surface area contributed by atoms with Crippen molar-refractivity contribution < 1.29 is 26.4 Å². The molecule has 2 nitrogen and oxygen atoms in total. The van der Waals surface area contributed by atoms with Crippen LogP contribution in [0.4, 0.5) is 0 Å². The minimum atomic E-state index is -0.151. The van der Waals surface area contributed by atoms with E-state index in [0.29, 0.717) is 11.1 Å². The average molecular weight is 271 g/mol. The summed E-state index contributed by atoms with van der Waals surface area (Å²) in [6, 6.07) is 14.0. The van der Waals surface area contributed by atoms with E-state index in [9.17, 15) is 9.90 Å². The maximum Gasteiger partial charge on any atom is 0.196 e. The van der Waals surface area contributed by atoms with Gasteiger partial charge < -0.3 is 5.11 Å². The molecule has 0 aromatic heterocycles. The molecule has 2 rings (SSSR count). The quantitative estimate of drug-likeness (QED) is 0.673. The van der Waals surface area contributed by atoms with Crippen LogP contribution in [0.2, 0.25) is 0 Å². The van der Waals surface area contributed by atoms with Crippen molar-refractivity contribution in [3.63, 3.8) is 0 Å². The van der Waals surface area contributed by atoms with Crippen molar-refractivity contribution in [2.75, 3.05) is 0 Å². The molecular weight excluding hydrogens is 259 g/mol. The number of aryl methyl sites for hydroxylation is 1. The zero-order valence-corrected chi connectivity index (χ0v) is 10.3. The number of phenols is 1. The number of phenolic OH excluding ortho intramolecular Hbond substituents is 1. The second-order valence-electron chi connectivity index (χ2n) is 3.72. The minimum Gasteiger partial charge on any atom is -0.507 e. The molecule has 0 saturated heterocycles. The molecule has 0 unspecified atom stereocenters. The molecule has 0 bridgehead atoms. The van der Waals surface area contributed by atoms with Crippen LogP contribution >= 0.6 is 0 Å². The van der Waals surface area contributed by atoms with Gasteiger partial charge in [-0.15, -0.1) is 0 Å². The number of rotatable bonds is 2. The SMILES string of the molecule is Cc1ccc(O)c(C(=O)c2ccccc2)c1.[Ni]. The Morgan fingerprint density at radius 3 is 2.35 bits per heavy atom. The van der Waals surface area contributed by atoms with E-state index in [1.807, 2.05) is 13.0 Å². The fraction of sp³-hybridized carbons (Fsp3) is 0.0714. The van der Waals surface area contributed by atoms with Gasteiger partial charge in [-0.3, -0.25) is 4.79 Å². The van der Waals surface area contributed by atoms with Crippen molar-refractivity contribution in [3.05, 3.63) is 65.2 Å². The van der Waals surface area contributed by atoms with Crippen LogP contribution in [-0.4, -0.2) is 10.9 Å². The Morgan fingerprint density at radius 1 is 1.06 bits per heavy atom. The van der Waals surface area contributed by atoms with Crippen molar-refractivity contribution in [2.45, 2.75) is 6.92 Å².